The number of aromatic nitrogens is 2. The first-order valence-electron chi connectivity index (χ1n) is 6.72. The second-order valence-electron chi connectivity index (χ2n) is 4.60. The highest BCUT2D eigenvalue weighted by atomic mass is 16.5. The number of aryl methyl sites for hydroxylation is 1. The van der Waals surface area contributed by atoms with Crippen LogP contribution in [-0.2, 0) is 6.54 Å². The molecule has 3 aromatic rings. The maximum Gasteiger partial charge on any atom is 0.238 e. The van der Waals surface area contributed by atoms with E-state index in [2.05, 4.69) is 5.10 Å². The molecule has 0 amide bonds. The van der Waals surface area contributed by atoms with Crippen molar-refractivity contribution >= 4 is 10.9 Å². The molecule has 3 heterocycles. The molecule has 0 aliphatic carbocycles. The topological polar surface area (TPSA) is 56.5 Å². The minimum Gasteiger partial charge on any atom is -0.497 e. The second kappa shape index (κ2) is 5.36. The van der Waals surface area contributed by atoms with E-state index in [9.17, 15) is 5.11 Å². The Balaban J connectivity index is 0.000000156. The van der Waals surface area contributed by atoms with E-state index in [0.717, 1.165) is 34.7 Å². The van der Waals surface area contributed by atoms with Gasteiger partial charge in [-0.05, 0) is 37.3 Å². The SMILES string of the molecule is CCn1nc(O)c2cc(OC)ccc21.c1cc2cc(c1)O2. The largest absolute Gasteiger partial charge is 0.497 e. The lowest BCUT2D eigenvalue weighted by Gasteiger charge is -2.13. The third-order valence-corrected chi connectivity index (χ3v) is 3.28. The van der Waals surface area contributed by atoms with Gasteiger partial charge in [0, 0.05) is 12.6 Å². The van der Waals surface area contributed by atoms with E-state index < -0.39 is 0 Å². The van der Waals surface area contributed by atoms with Gasteiger partial charge in [0.25, 0.3) is 0 Å². The Labute approximate surface area is 122 Å². The molecule has 5 rings (SSSR count). The van der Waals surface area contributed by atoms with Gasteiger partial charge in [-0.25, -0.2) is 0 Å². The molecule has 0 radical (unpaired) electrons. The van der Waals surface area contributed by atoms with Crippen LogP contribution < -0.4 is 9.47 Å². The first-order valence-corrected chi connectivity index (χ1v) is 6.72. The van der Waals surface area contributed by atoms with Gasteiger partial charge in [0.2, 0.25) is 5.88 Å². The van der Waals surface area contributed by atoms with Crippen molar-refractivity contribution in [3.8, 4) is 23.1 Å². The molecule has 0 unspecified atom stereocenters. The molecule has 2 aliphatic rings. The summed E-state index contributed by atoms with van der Waals surface area (Å²) in [4.78, 5) is 0. The van der Waals surface area contributed by atoms with E-state index in [1.807, 2.05) is 43.3 Å². The zero-order valence-electron chi connectivity index (χ0n) is 11.9. The van der Waals surface area contributed by atoms with Crippen LogP contribution in [0.5, 0.6) is 23.1 Å². The first kappa shape index (κ1) is 13.3. The molecule has 0 atom stereocenters. The molecule has 21 heavy (non-hydrogen) atoms. The van der Waals surface area contributed by atoms with Crippen LogP contribution >= 0.6 is 0 Å². The normalized spacial score (nSPS) is 11.1. The Hall–Kier alpha value is -2.69. The molecule has 1 aromatic heterocycles. The molecule has 2 bridgehead atoms. The Kier molecular flexibility index (Phi) is 3.39. The smallest absolute Gasteiger partial charge is 0.238 e. The lowest BCUT2D eigenvalue weighted by Crippen LogP contribution is -1.95. The fraction of sp³-hybridized carbons (Fsp3) is 0.188. The number of ether oxygens (including phenoxy) is 2. The van der Waals surface area contributed by atoms with Gasteiger partial charge in [0.15, 0.2) is 0 Å². The molecule has 5 heteroatoms. The average Bonchev–Trinajstić information content (AvgIpc) is 2.84. The molecule has 2 aromatic carbocycles. The molecular weight excluding hydrogens is 268 g/mol. The van der Waals surface area contributed by atoms with Crippen molar-refractivity contribution in [2.45, 2.75) is 13.5 Å². The van der Waals surface area contributed by atoms with E-state index in [1.165, 1.54) is 0 Å². The fourth-order valence-electron chi connectivity index (χ4n) is 2.19. The molecule has 0 spiro atoms. The lowest BCUT2D eigenvalue weighted by molar-refractivity contribution is 0.415. The Morgan fingerprint density at radius 2 is 1.90 bits per heavy atom. The van der Waals surface area contributed by atoms with Crippen molar-refractivity contribution < 1.29 is 14.6 Å². The summed E-state index contributed by atoms with van der Waals surface area (Å²) in [5.41, 5.74) is 0.922. The molecule has 0 saturated carbocycles. The number of hydrogen-bond acceptors (Lipinski definition) is 4. The zero-order chi connectivity index (χ0) is 14.8. The highest BCUT2D eigenvalue weighted by Gasteiger charge is 2.08. The van der Waals surface area contributed by atoms with Gasteiger partial charge in [-0.1, -0.05) is 6.07 Å². The number of benzene rings is 2. The van der Waals surface area contributed by atoms with Crippen molar-refractivity contribution in [3.63, 3.8) is 0 Å². The predicted molar refractivity (Wildman–Crippen MR) is 80.1 cm³/mol. The third-order valence-electron chi connectivity index (χ3n) is 3.28. The van der Waals surface area contributed by atoms with Crippen LogP contribution in [0.4, 0.5) is 0 Å². The minimum absolute atomic E-state index is 0.0563. The van der Waals surface area contributed by atoms with Crippen LogP contribution in [0.3, 0.4) is 0 Å². The maximum atomic E-state index is 9.56. The average molecular weight is 284 g/mol. The second-order valence-corrected chi connectivity index (χ2v) is 4.60. The van der Waals surface area contributed by atoms with Crippen LogP contribution in [0, 0.1) is 0 Å². The number of fused-ring (bicyclic) bond motifs is 3. The standard InChI is InChI=1S/C10H12N2O2.C6H4O/c1-3-12-9-5-4-7(14-2)6-8(9)10(13)11-12;1-2-5-4-6(3-1)7-5/h4-6H,3H2,1-2H3,(H,11,13);1-4H. The van der Waals surface area contributed by atoms with Gasteiger partial charge in [-0.15, -0.1) is 5.10 Å². The summed E-state index contributed by atoms with van der Waals surface area (Å²) >= 11 is 0. The Morgan fingerprint density at radius 1 is 1.19 bits per heavy atom. The van der Waals surface area contributed by atoms with Crippen molar-refractivity contribution in [2.75, 3.05) is 7.11 Å². The first-order chi connectivity index (χ1) is 10.2. The number of hydrogen-bond donors (Lipinski definition) is 1. The van der Waals surface area contributed by atoms with E-state index in [0.29, 0.717) is 0 Å². The van der Waals surface area contributed by atoms with Gasteiger partial charge in [-0.3, -0.25) is 4.68 Å². The predicted octanol–water partition coefficient (Wildman–Crippen LogP) is 3.56. The Bertz CT molecular complexity index is 756. The van der Waals surface area contributed by atoms with E-state index in [4.69, 9.17) is 9.47 Å². The van der Waals surface area contributed by atoms with Crippen molar-refractivity contribution in [1.29, 1.82) is 0 Å². The molecule has 108 valence electrons. The number of nitrogens with zero attached hydrogens (tertiary/aromatic N) is 2. The highest BCUT2D eigenvalue weighted by Crippen LogP contribution is 2.33. The molecule has 0 saturated heterocycles. The van der Waals surface area contributed by atoms with Crippen LogP contribution in [0.2, 0.25) is 0 Å². The fourth-order valence-corrected chi connectivity index (χ4v) is 2.19. The van der Waals surface area contributed by atoms with E-state index in [-0.39, 0.29) is 5.88 Å². The zero-order valence-corrected chi connectivity index (χ0v) is 11.9. The van der Waals surface area contributed by atoms with Gasteiger partial charge in [-0.2, -0.15) is 0 Å². The third kappa shape index (κ3) is 2.50. The summed E-state index contributed by atoms with van der Waals surface area (Å²) in [6.07, 6.45) is 0. The summed E-state index contributed by atoms with van der Waals surface area (Å²) in [5.74, 6) is 2.75. The van der Waals surface area contributed by atoms with Gasteiger partial charge in [0.1, 0.15) is 17.2 Å². The minimum atomic E-state index is 0.0563. The lowest BCUT2D eigenvalue weighted by atomic mass is 10.2. The summed E-state index contributed by atoms with van der Waals surface area (Å²) in [5, 5.41) is 14.3. The highest BCUT2D eigenvalue weighted by molar-refractivity contribution is 5.85. The molecule has 5 nitrogen and oxygen atoms in total. The molecular formula is C16H16N2O3. The van der Waals surface area contributed by atoms with Crippen molar-refractivity contribution in [2.24, 2.45) is 0 Å². The number of rotatable bonds is 2. The molecule has 1 N–H and O–H groups in total. The van der Waals surface area contributed by atoms with Gasteiger partial charge < -0.3 is 14.6 Å². The summed E-state index contributed by atoms with van der Waals surface area (Å²) in [6, 6.07) is 13.4. The quantitative estimate of drug-likeness (QED) is 0.611. The molecule has 0 fully saturated rings. The van der Waals surface area contributed by atoms with Crippen molar-refractivity contribution in [1.82, 2.24) is 9.78 Å². The summed E-state index contributed by atoms with van der Waals surface area (Å²) in [6.45, 7) is 2.72. The van der Waals surface area contributed by atoms with Crippen LogP contribution in [0.15, 0.2) is 42.5 Å². The van der Waals surface area contributed by atoms with Crippen LogP contribution in [-0.4, -0.2) is 22.0 Å². The maximum absolute atomic E-state index is 9.56. The van der Waals surface area contributed by atoms with Crippen LogP contribution in [0.1, 0.15) is 6.92 Å². The van der Waals surface area contributed by atoms with Crippen LogP contribution in [0.25, 0.3) is 10.9 Å². The Morgan fingerprint density at radius 3 is 2.38 bits per heavy atom. The van der Waals surface area contributed by atoms with Crippen molar-refractivity contribution in [3.05, 3.63) is 42.5 Å². The van der Waals surface area contributed by atoms with E-state index in [1.54, 1.807) is 17.9 Å². The van der Waals surface area contributed by atoms with E-state index >= 15 is 0 Å². The summed E-state index contributed by atoms with van der Waals surface area (Å²) < 4.78 is 11.8. The number of aromatic hydroxyl groups is 1. The monoisotopic (exact) mass is 284 g/mol. The molecule has 2 aliphatic heterocycles. The summed E-state index contributed by atoms with van der Waals surface area (Å²) in [7, 11) is 1.60. The van der Waals surface area contributed by atoms with Gasteiger partial charge >= 0.3 is 0 Å². The van der Waals surface area contributed by atoms with Gasteiger partial charge in [0.05, 0.1) is 18.0 Å². The number of methoxy groups -OCH3 is 1.